The van der Waals surface area contributed by atoms with E-state index in [1.807, 2.05) is 11.8 Å². The Labute approximate surface area is 101 Å². The van der Waals surface area contributed by atoms with E-state index in [-0.39, 0.29) is 30.9 Å². The fraction of sp³-hybridized carbons (Fsp3) is 0.818. The second kappa shape index (κ2) is 7.37. The molecule has 0 aromatic rings. The SMILES string of the molecule is CCNC(=O)C1COCCN1CC(=O)COC. The lowest BCUT2D eigenvalue weighted by Gasteiger charge is -2.33. The highest BCUT2D eigenvalue weighted by Gasteiger charge is 2.30. The Balaban J connectivity index is 2.53. The van der Waals surface area contributed by atoms with E-state index in [0.29, 0.717) is 26.3 Å². The van der Waals surface area contributed by atoms with Crippen LogP contribution in [0, 0.1) is 0 Å². The molecular formula is C11H20N2O4. The summed E-state index contributed by atoms with van der Waals surface area (Å²) >= 11 is 0. The largest absolute Gasteiger partial charge is 0.378 e. The van der Waals surface area contributed by atoms with Crippen LogP contribution in [0.3, 0.4) is 0 Å². The third kappa shape index (κ3) is 4.41. The normalized spacial score (nSPS) is 21.2. The van der Waals surface area contributed by atoms with Crippen LogP contribution < -0.4 is 5.32 Å². The molecule has 6 nitrogen and oxygen atoms in total. The molecule has 0 radical (unpaired) electrons. The van der Waals surface area contributed by atoms with E-state index in [1.54, 1.807) is 0 Å². The van der Waals surface area contributed by atoms with Crippen molar-refractivity contribution in [3.05, 3.63) is 0 Å². The molecule has 1 atom stereocenters. The molecule has 17 heavy (non-hydrogen) atoms. The number of Topliss-reactive ketones (excluding diaryl/α,β-unsaturated/α-hetero) is 1. The topological polar surface area (TPSA) is 67.9 Å². The number of carbonyl (C=O) groups excluding carboxylic acids is 2. The first-order valence-corrected chi connectivity index (χ1v) is 5.79. The third-order valence-electron chi connectivity index (χ3n) is 2.58. The Hall–Kier alpha value is -0.980. The van der Waals surface area contributed by atoms with Crippen LogP contribution in [0.2, 0.25) is 0 Å². The molecule has 0 bridgehead atoms. The molecule has 6 heteroatoms. The Morgan fingerprint density at radius 1 is 1.53 bits per heavy atom. The highest BCUT2D eigenvalue weighted by Crippen LogP contribution is 2.07. The minimum atomic E-state index is -0.371. The van der Waals surface area contributed by atoms with Crippen molar-refractivity contribution >= 4 is 11.7 Å². The highest BCUT2D eigenvalue weighted by atomic mass is 16.5. The van der Waals surface area contributed by atoms with Crippen molar-refractivity contribution in [2.24, 2.45) is 0 Å². The zero-order chi connectivity index (χ0) is 12.7. The average Bonchev–Trinajstić information content (AvgIpc) is 2.30. The zero-order valence-electron chi connectivity index (χ0n) is 10.4. The summed E-state index contributed by atoms with van der Waals surface area (Å²) in [4.78, 5) is 25.1. The van der Waals surface area contributed by atoms with Gasteiger partial charge in [0.2, 0.25) is 5.91 Å². The quantitative estimate of drug-likeness (QED) is 0.652. The maximum absolute atomic E-state index is 11.8. The standard InChI is InChI=1S/C11H20N2O4/c1-3-12-11(15)10-8-17-5-4-13(10)6-9(14)7-16-2/h10H,3-8H2,1-2H3,(H,12,15). The van der Waals surface area contributed by atoms with Gasteiger partial charge < -0.3 is 14.8 Å². The second-order valence-electron chi connectivity index (χ2n) is 3.93. The number of rotatable bonds is 6. The average molecular weight is 244 g/mol. The monoisotopic (exact) mass is 244 g/mol. The lowest BCUT2D eigenvalue weighted by molar-refractivity contribution is -0.135. The fourth-order valence-corrected chi connectivity index (χ4v) is 1.79. The molecule has 1 rings (SSSR count). The van der Waals surface area contributed by atoms with Gasteiger partial charge in [-0.05, 0) is 6.92 Å². The summed E-state index contributed by atoms with van der Waals surface area (Å²) in [7, 11) is 1.48. The summed E-state index contributed by atoms with van der Waals surface area (Å²) in [5.74, 6) is -0.110. The molecule has 98 valence electrons. The summed E-state index contributed by atoms with van der Waals surface area (Å²) in [6.45, 7) is 4.25. The zero-order valence-corrected chi connectivity index (χ0v) is 10.4. The van der Waals surface area contributed by atoms with Crippen LogP contribution in [0.5, 0.6) is 0 Å². The number of nitrogens with zero attached hydrogens (tertiary/aromatic N) is 1. The smallest absolute Gasteiger partial charge is 0.239 e. The number of amides is 1. The molecule has 1 aliphatic rings. The lowest BCUT2D eigenvalue weighted by atomic mass is 10.2. The summed E-state index contributed by atoms with van der Waals surface area (Å²) in [6, 6.07) is -0.371. The number of carbonyl (C=O) groups is 2. The molecule has 1 aliphatic heterocycles. The van der Waals surface area contributed by atoms with Gasteiger partial charge in [-0.2, -0.15) is 0 Å². The van der Waals surface area contributed by atoms with Gasteiger partial charge in [-0.25, -0.2) is 0 Å². The molecule has 0 saturated carbocycles. The molecule has 1 heterocycles. The molecule has 1 fully saturated rings. The first kappa shape index (κ1) is 14.1. The molecule has 1 amide bonds. The van der Waals surface area contributed by atoms with Crippen LogP contribution in [0.25, 0.3) is 0 Å². The number of methoxy groups -OCH3 is 1. The molecule has 0 aromatic heterocycles. The molecule has 0 spiro atoms. The van der Waals surface area contributed by atoms with Crippen LogP contribution >= 0.6 is 0 Å². The van der Waals surface area contributed by atoms with Gasteiger partial charge in [0, 0.05) is 20.2 Å². The molecule has 1 unspecified atom stereocenters. The third-order valence-corrected chi connectivity index (χ3v) is 2.58. The van der Waals surface area contributed by atoms with Crippen molar-refractivity contribution < 1.29 is 19.1 Å². The number of ketones is 1. The second-order valence-corrected chi connectivity index (χ2v) is 3.93. The molecule has 1 saturated heterocycles. The van der Waals surface area contributed by atoms with E-state index >= 15 is 0 Å². The number of ether oxygens (including phenoxy) is 2. The van der Waals surface area contributed by atoms with Crippen molar-refractivity contribution in [3.8, 4) is 0 Å². The van der Waals surface area contributed by atoms with Gasteiger partial charge >= 0.3 is 0 Å². The van der Waals surface area contributed by atoms with E-state index in [4.69, 9.17) is 9.47 Å². The molecule has 0 aliphatic carbocycles. The van der Waals surface area contributed by atoms with Crippen molar-refractivity contribution in [1.82, 2.24) is 10.2 Å². The maximum atomic E-state index is 11.8. The van der Waals surface area contributed by atoms with Crippen LogP contribution in [0.15, 0.2) is 0 Å². The fourth-order valence-electron chi connectivity index (χ4n) is 1.79. The Kier molecular flexibility index (Phi) is 6.10. The van der Waals surface area contributed by atoms with Gasteiger partial charge in [0.15, 0.2) is 5.78 Å². The van der Waals surface area contributed by atoms with Gasteiger partial charge in [-0.1, -0.05) is 0 Å². The van der Waals surface area contributed by atoms with Crippen LogP contribution in [-0.2, 0) is 19.1 Å². The highest BCUT2D eigenvalue weighted by molar-refractivity contribution is 5.85. The van der Waals surface area contributed by atoms with Crippen LogP contribution in [0.1, 0.15) is 6.92 Å². The van der Waals surface area contributed by atoms with E-state index in [0.717, 1.165) is 0 Å². The van der Waals surface area contributed by atoms with Crippen molar-refractivity contribution in [2.45, 2.75) is 13.0 Å². The van der Waals surface area contributed by atoms with E-state index in [9.17, 15) is 9.59 Å². The molecule has 1 N–H and O–H groups in total. The van der Waals surface area contributed by atoms with E-state index in [1.165, 1.54) is 7.11 Å². The van der Waals surface area contributed by atoms with Gasteiger partial charge in [0.25, 0.3) is 0 Å². The summed E-state index contributed by atoms with van der Waals surface area (Å²) in [6.07, 6.45) is 0. The Morgan fingerprint density at radius 2 is 2.29 bits per heavy atom. The molecule has 0 aromatic carbocycles. The van der Waals surface area contributed by atoms with Gasteiger partial charge in [0.05, 0.1) is 19.8 Å². The van der Waals surface area contributed by atoms with Crippen LogP contribution in [0.4, 0.5) is 0 Å². The van der Waals surface area contributed by atoms with Crippen LogP contribution in [-0.4, -0.2) is 69.2 Å². The van der Waals surface area contributed by atoms with Gasteiger partial charge in [-0.15, -0.1) is 0 Å². The predicted molar refractivity (Wildman–Crippen MR) is 61.7 cm³/mol. The number of likely N-dealkylation sites (N-methyl/N-ethyl adjacent to an activating group) is 1. The van der Waals surface area contributed by atoms with Gasteiger partial charge in [0.1, 0.15) is 12.6 Å². The summed E-state index contributed by atoms with van der Waals surface area (Å²) < 4.78 is 10.1. The van der Waals surface area contributed by atoms with Crippen molar-refractivity contribution in [1.29, 1.82) is 0 Å². The Morgan fingerprint density at radius 3 is 2.94 bits per heavy atom. The van der Waals surface area contributed by atoms with Crippen molar-refractivity contribution in [2.75, 3.05) is 46.6 Å². The first-order chi connectivity index (χ1) is 8.19. The first-order valence-electron chi connectivity index (χ1n) is 5.79. The van der Waals surface area contributed by atoms with Crippen molar-refractivity contribution in [3.63, 3.8) is 0 Å². The number of morpholine rings is 1. The number of hydrogen-bond acceptors (Lipinski definition) is 5. The maximum Gasteiger partial charge on any atom is 0.239 e. The minimum Gasteiger partial charge on any atom is -0.378 e. The Bertz CT molecular complexity index is 270. The van der Waals surface area contributed by atoms with E-state index < -0.39 is 0 Å². The summed E-state index contributed by atoms with van der Waals surface area (Å²) in [5.41, 5.74) is 0. The predicted octanol–water partition coefficient (Wildman–Crippen LogP) is -0.961. The number of hydrogen-bond donors (Lipinski definition) is 1. The summed E-state index contributed by atoms with van der Waals surface area (Å²) in [5, 5.41) is 2.75. The lowest BCUT2D eigenvalue weighted by Crippen LogP contribution is -2.55. The van der Waals surface area contributed by atoms with Gasteiger partial charge in [-0.3, -0.25) is 14.5 Å². The van der Waals surface area contributed by atoms with E-state index in [2.05, 4.69) is 5.32 Å². The minimum absolute atomic E-state index is 0.0244. The molecular weight excluding hydrogens is 224 g/mol. The number of nitrogens with one attached hydrogen (secondary N) is 1.